The molecule has 196 valence electrons. The van der Waals surface area contributed by atoms with Gasteiger partial charge in [0, 0.05) is 5.56 Å². The van der Waals surface area contributed by atoms with E-state index in [2.05, 4.69) is 22.4 Å². The molecule has 2 aromatic rings. The lowest BCUT2D eigenvalue weighted by Gasteiger charge is -2.14. The topological polar surface area (TPSA) is 88.3 Å². The Kier molecular flexibility index (Phi) is 10.5. The summed E-state index contributed by atoms with van der Waals surface area (Å²) in [5.41, 5.74) is 0.0869. The molecule has 35 heavy (non-hydrogen) atoms. The number of aliphatic carboxylic acids is 1. The van der Waals surface area contributed by atoms with Crippen LogP contribution in [0.2, 0.25) is 0 Å². The van der Waals surface area contributed by atoms with Crippen molar-refractivity contribution >= 4 is 5.97 Å². The van der Waals surface area contributed by atoms with Crippen LogP contribution in [0.5, 0.6) is 0 Å². The quantitative estimate of drug-likeness (QED) is 0.288. The molecule has 1 aromatic heterocycles. The highest BCUT2D eigenvalue weighted by atomic mass is 19.4. The molecule has 1 aliphatic rings. The number of unbranched alkanes of at least 4 members (excludes halogenated alkanes) is 5. The lowest BCUT2D eigenvalue weighted by atomic mass is 9.97. The zero-order valence-corrected chi connectivity index (χ0v) is 19.3. The number of alkyl halides is 6. The molecule has 1 saturated heterocycles. The number of rotatable bonds is 9. The number of halogens is 6. The Labute approximate surface area is 199 Å². The first-order valence-electron chi connectivity index (χ1n) is 11.5. The Bertz CT molecular complexity index is 937. The van der Waals surface area contributed by atoms with Gasteiger partial charge in [0.05, 0.1) is 11.6 Å². The largest absolute Gasteiger partial charge is 0.490 e. The normalized spacial score (nSPS) is 16.1. The fourth-order valence-corrected chi connectivity index (χ4v) is 3.68. The van der Waals surface area contributed by atoms with Crippen molar-refractivity contribution in [3.05, 3.63) is 35.2 Å². The molecule has 3 rings (SSSR count). The fraction of sp³-hybridized carbons (Fsp3) is 0.609. The highest BCUT2D eigenvalue weighted by Crippen LogP contribution is 2.35. The number of carboxylic acid groups (broad SMARTS) is 1. The average Bonchev–Trinajstić information content (AvgIpc) is 3.47. The summed E-state index contributed by atoms with van der Waals surface area (Å²) in [6.45, 7) is 3.03. The molecule has 0 unspecified atom stereocenters. The second-order valence-corrected chi connectivity index (χ2v) is 8.30. The number of hydrogen-bond donors (Lipinski definition) is 2. The van der Waals surface area contributed by atoms with Gasteiger partial charge in [-0.25, -0.2) is 4.79 Å². The van der Waals surface area contributed by atoms with Crippen LogP contribution in [0, 0.1) is 0 Å². The highest BCUT2D eigenvalue weighted by Gasteiger charge is 2.38. The predicted octanol–water partition coefficient (Wildman–Crippen LogP) is 6.72. The smallest absolute Gasteiger partial charge is 0.475 e. The molecule has 2 heterocycles. The highest BCUT2D eigenvalue weighted by molar-refractivity contribution is 5.73. The van der Waals surface area contributed by atoms with Gasteiger partial charge in [-0.2, -0.15) is 31.3 Å². The number of benzene rings is 1. The summed E-state index contributed by atoms with van der Waals surface area (Å²) >= 11 is 0. The predicted molar refractivity (Wildman–Crippen MR) is 115 cm³/mol. The number of nitrogens with zero attached hydrogens (tertiary/aromatic N) is 2. The average molecular weight is 509 g/mol. The van der Waals surface area contributed by atoms with Gasteiger partial charge >= 0.3 is 18.3 Å². The summed E-state index contributed by atoms with van der Waals surface area (Å²) in [4.78, 5) is 13.2. The number of carbonyl (C=O) groups is 1. The second-order valence-electron chi connectivity index (χ2n) is 8.30. The van der Waals surface area contributed by atoms with Crippen molar-refractivity contribution in [3.8, 4) is 11.4 Å². The van der Waals surface area contributed by atoms with Gasteiger partial charge in [0.15, 0.2) is 0 Å². The lowest BCUT2D eigenvalue weighted by molar-refractivity contribution is -0.192. The van der Waals surface area contributed by atoms with Crippen LogP contribution in [0.4, 0.5) is 26.3 Å². The van der Waals surface area contributed by atoms with Crippen molar-refractivity contribution in [2.45, 2.75) is 83.1 Å². The van der Waals surface area contributed by atoms with Gasteiger partial charge in [0.1, 0.15) is 0 Å². The Morgan fingerprint density at radius 3 is 2.34 bits per heavy atom. The number of aromatic nitrogens is 2. The SMILES string of the molecule is CCCCCCCCc1ccc(-c2noc([C@@H]3CCCN3)n2)cc1C(F)(F)F.O=C(O)C(F)(F)F. The van der Waals surface area contributed by atoms with Crippen LogP contribution < -0.4 is 5.32 Å². The number of aryl methyl sites for hydroxylation is 1. The molecule has 0 aliphatic carbocycles. The Hall–Kier alpha value is -2.63. The molecule has 6 nitrogen and oxygen atoms in total. The van der Waals surface area contributed by atoms with Crippen molar-refractivity contribution in [2.75, 3.05) is 6.54 Å². The van der Waals surface area contributed by atoms with Crippen molar-refractivity contribution < 1.29 is 40.8 Å². The van der Waals surface area contributed by atoms with Crippen LogP contribution in [0.25, 0.3) is 11.4 Å². The summed E-state index contributed by atoms with van der Waals surface area (Å²) < 4.78 is 77.8. The van der Waals surface area contributed by atoms with E-state index in [1.807, 2.05) is 0 Å². The van der Waals surface area contributed by atoms with Crippen LogP contribution in [0.3, 0.4) is 0 Å². The Morgan fingerprint density at radius 2 is 1.77 bits per heavy atom. The molecule has 1 aliphatic heterocycles. The van der Waals surface area contributed by atoms with Crippen LogP contribution in [0.1, 0.15) is 81.3 Å². The van der Waals surface area contributed by atoms with Crippen molar-refractivity contribution in [1.29, 1.82) is 0 Å². The molecule has 0 saturated carbocycles. The minimum Gasteiger partial charge on any atom is -0.475 e. The molecule has 0 radical (unpaired) electrons. The zero-order valence-electron chi connectivity index (χ0n) is 19.3. The molecule has 1 fully saturated rings. The third kappa shape index (κ3) is 9.15. The second kappa shape index (κ2) is 12.9. The van der Waals surface area contributed by atoms with Gasteiger partial charge in [0.2, 0.25) is 11.7 Å². The van der Waals surface area contributed by atoms with Crippen LogP contribution in [0.15, 0.2) is 22.7 Å². The van der Waals surface area contributed by atoms with Gasteiger partial charge in [-0.1, -0.05) is 56.3 Å². The maximum Gasteiger partial charge on any atom is 0.490 e. The summed E-state index contributed by atoms with van der Waals surface area (Å²) in [6.07, 6.45) is -0.822. The Balaban J connectivity index is 0.000000540. The van der Waals surface area contributed by atoms with E-state index in [4.69, 9.17) is 14.4 Å². The van der Waals surface area contributed by atoms with Crippen molar-refractivity contribution in [3.63, 3.8) is 0 Å². The van der Waals surface area contributed by atoms with Crippen LogP contribution >= 0.6 is 0 Å². The van der Waals surface area contributed by atoms with Crippen LogP contribution in [-0.4, -0.2) is 33.9 Å². The molecule has 1 atom stereocenters. The standard InChI is InChI=1S/C21H28F3N3O.C2HF3O2/c1-2-3-4-5-6-7-9-15-11-12-16(14-17(15)21(22,23)24)19-26-20(28-27-19)18-10-8-13-25-18;3-2(4,5)1(6)7/h11-12,14,18,25H,2-10,13H2,1H3;(H,6,7)/t18-;/m0./s1. The van der Waals surface area contributed by atoms with Crippen LogP contribution in [-0.2, 0) is 17.4 Å². The number of carboxylic acids is 1. The van der Waals surface area contributed by atoms with E-state index in [-0.39, 0.29) is 11.9 Å². The molecule has 0 bridgehead atoms. The third-order valence-corrected chi connectivity index (χ3v) is 5.52. The van der Waals surface area contributed by atoms with E-state index < -0.39 is 23.9 Å². The lowest BCUT2D eigenvalue weighted by Crippen LogP contribution is -2.21. The summed E-state index contributed by atoms with van der Waals surface area (Å²) in [6, 6.07) is 4.38. The van der Waals surface area contributed by atoms with Gasteiger partial charge in [-0.3, -0.25) is 0 Å². The number of hydrogen-bond acceptors (Lipinski definition) is 5. The molecule has 0 amide bonds. The van der Waals surface area contributed by atoms with E-state index in [0.717, 1.165) is 57.6 Å². The molecule has 0 spiro atoms. The summed E-state index contributed by atoms with van der Waals surface area (Å²) in [7, 11) is 0. The summed E-state index contributed by atoms with van der Waals surface area (Å²) in [5.74, 6) is -2.11. The maximum absolute atomic E-state index is 13.6. The minimum atomic E-state index is -5.08. The first-order chi connectivity index (χ1) is 16.4. The van der Waals surface area contributed by atoms with Gasteiger partial charge < -0.3 is 14.9 Å². The third-order valence-electron chi connectivity index (χ3n) is 5.52. The van der Waals surface area contributed by atoms with E-state index in [1.165, 1.54) is 6.42 Å². The maximum atomic E-state index is 13.6. The van der Waals surface area contributed by atoms with E-state index in [1.54, 1.807) is 12.1 Å². The molecular weight excluding hydrogens is 480 g/mol. The van der Waals surface area contributed by atoms with Gasteiger partial charge in [-0.05, 0) is 43.9 Å². The molecular formula is C23H29F6N3O3. The van der Waals surface area contributed by atoms with Crippen molar-refractivity contribution in [1.82, 2.24) is 15.5 Å². The molecule has 1 aromatic carbocycles. The van der Waals surface area contributed by atoms with Gasteiger partial charge in [0.25, 0.3) is 0 Å². The molecule has 12 heteroatoms. The van der Waals surface area contributed by atoms with Gasteiger partial charge in [-0.15, -0.1) is 0 Å². The first-order valence-corrected chi connectivity index (χ1v) is 11.5. The first kappa shape index (κ1) is 28.6. The molecule has 2 N–H and O–H groups in total. The monoisotopic (exact) mass is 509 g/mol. The minimum absolute atomic E-state index is 0.00434. The van der Waals surface area contributed by atoms with Crippen molar-refractivity contribution in [2.24, 2.45) is 0 Å². The van der Waals surface area contributed by atoms with E-state index in [0.29, 0.717) is 23.4 Å². The van der Waals surface area contributed by atoms with E-state index in [9.17, 15) is 26.3 Å². The fourth-order valence-electron chi connectivity index (χ4n) is 3.68. The van der Waals surface area contributed by atoms with E-state index >= 15 is 0 Å². The number of nitrogens with one attached hydrogen (secondary N) is 1. The Morgan fingerprint density at radius 1 is 1.11 bits per heavy atom. The summed E-state index contributed by atoms with van der Waals surface area (Å²) in [5, 5.41) is 14.3. The zero-order chi connectivity index (χ0) is 26.1.